The molecule has 12 heteroatoms. The number of hydrogen-bond donors (Lipinski definition) is 3. The van der Waals surface area contributed by atoms with E-state index in [1.807, 2.05) is 148 Å². The highest BCUT2D eigenvalue weighted by Gasteiger charge is 2.54. The maximum atomic E-state index is 12.6. The number of fused-ring (bicyclic) bond motifs is 3. The molecule has 6 aromatic carbocycles. The minimum Gasteiger partial charge on any atom is -0.424 e. The maximum Gasteiger partial charge on any atom is 0.346 e. The fourth-order valence-electron chi connectivity index (χ4n) is 8.19. The van der Waals surface area contributed by atoms with Crippen molar-refractivity contribution in [2.45, 2.75) is 58.2 Å². The minimum atomic E-state index is -1.27. The summed E-state index contributed by atoms with van der Waals surface area (Å²) in [4.78, 5) is 72.8. The van der Waals surface area contributed by atoms with Gasteiger partial charge in [-0.3, -0.25) is 14.4 Å². The predicted molar refractivity (Wildman–Crippen MR) is 234 cm³/mol. The molecule has 3 atom stereocenters. The van der Waals surface area contributed by atoms with Crippen LogP contribution in [0.2, 0.25) is 0 Å². The monoisotopic (exact) mass is 843 g/mol. The van der Waals surface area contributed by atoms with Crippen LogP contribution in [0, 0.1) is 20.8 Å². The average Bonchev–Trinajstić information content (AvgIpc) is 3.81. The Hall–Kier alpha value is -7.86. The Bertz CT molecular complexity index is 2470. The summed E-state index contributed by atoms with van der Waals surface area (Å²) < 4.78 is 16.1. The number of rotatable bonds is 6. The molecule has 3 aliphatic rings. The Morgan fingerprint density at radius 2 is 0.619 bits per heavy atom. The van der Waals surface area contributed by atoms with E-state index >= 15 is 0 Å². The molecular weight excluding hydrogens is 799 g/mol. The Morgan fingerprint density at radius 3 is 0.841 bits per heavy atom. The number of carbonyl (C=O) groups excluding carboxylic acids is 6. The molecule has 0 bridgehead atoms. The van der Waals surface area contributed by atoms with Crippen molar-refractivity contribution in [3.05, 3.63) is 196 Å². The van der Waals surface area contributed by atoms with Crippen LogP contribution in [0.4, 0.5) is 0 Å². The van der Waals surface area contributed by atoms with Crippen molar-refractivity contribution in [2.75, 3.05) is 0 Å². The average molecular weight is 844 g/mol. The van der Waals surface area contributed by atoms with Gasteiger partial charge >= 0.3 is 17.9 Å². The molecule has 12 nitrogen and oxygen atoms in total. The van der Waals surface area contributed by atoms with E-state index in [9.17, 15) is 28.8 Å². The van der Waals surface area contributed by atoms with E-state index in [1.54, 1.807) is 18.2 Å². The van der Waals surface area contributed by atoms with Crippen LogP contribution in [0.3, 0.4) is 0 Å². The maximum absolute atomic E-state index is 12.6. The third-order valence-electron chi connectivity index (χ3n) is 10.9. The normalized spacial score (nSPS) is 19.8. The standard InChI is InChI=1S/3C17H15NO3/c3*1-11-8-9-15-14(10-11)17(16(20)21-15,18-12(2)19)13-6-4-3-5-7-13/h3*3-10H,1-2H3,(H,18,19)/t3*17-/m111/s1. The van der Waals surface area contributed by atoms with Crippen LogP contribution in [0.15, 0.2) is 146 Å². The highest BCUT2D eigenvalue weighted by molar-refractivity contribution is 5.99. The summed E-state index contributed by atoms with van der Waals surface area (Å²) in [5.74, 6) is -0.839. The number of hydrogen-bond acceptors (Lipinski definition) is 9. The van der Waals surface area contributed by atoms with Gasteiger partial charge in [-0.2, -0.15) is 0 Å². The third-order valence-corrected chi connectivity index (χ3v) is 10.9. The van der Waals surface area contributed by atoms with Crippen molar-refractivity contribution in [2.24, 2.45) is 0 Å². The Morgan fingerprint density at radius 1 is 0.381 bits per heavy atom. The van der Waals surface area contributed by atoms with Crippen LogP contribution in [0.1, 0.15) is 70.8 Å². The summed E-state index contributed by atoms with van der Waals surface area (Å²) in [5.41, 5.74) is 3.28. The molecule has 0 fully saturated rings. The molecule has 3 amide bonds. The van der Waals surface area contributed by atoms with Gasteiger partial charge in [0.25, 0.3) is 0 Å². The van der Waals surface area contributed by atoms with Gasteiger partial charge < -0.3 is 30.2 Å². The van der Waals surface area contributed by atoms with Gasteiger partial charge in [0.2, 0.25) is 17.7 Å². The smallest absolute Gasteiger partial charge is 0.346 e. The topological polar surface area (TPSA) is 166 Å². The van der Waals surface area contributed by atoms with E-state index in [-0.39, 0.29) is 17.7 Å². The van der Waals surface area contributed by atoms with E-state index < -0.39 is 34.5 Å². The molecule has 0 unspecified atom stereocenters. The van der Waals surface area contributed by atoms with Gasteiger partial charge in [0, 0.05) is 37.5 Å². The first-order chi connectivity index (χ1) is 30.1. The summed E-state index contributed by atoms with van der Waals surface area (Å²) >= 11 is 0. The Kier molecular flexibility index (Phi) is 11.8. The molecule has 0 radical (unpaired) electrons. The van der Waals surface area contributed by atoms with Crippen molar-refractivity contribution in [3.8, 4) is 17.2 Å². The molecule has 0 aliphatic carbocycles. The first-order valence-corrected chi connectivity index (χ1v) is 20.1. The van der Waals surface area contributed by atoms with Crippen molar-refractivity contribution < 1.29 is 43.0 Å². The van der Waals surface area contributed by atoms with E-state index in [2.05, 4.69) is 16.0 Å². The lowest BCUT2D eigenvalue weighted by Crippen LogP contribution is -2.50. The quantitative estimate of drug-likeness (QED) is 0.120. The molecular formula is C51H45N3O9. The van der Waals surface area contributed by atoms with Crippen LogP contribution in [-0.4, -0.2) is 35.6 Å². The zero-order valence-corrected chi connectivity index (χ0v) is 35.5. The SMILES string of the molecule is CC(=O)N[C@@]1(c2ccccc2)C(=O)Oc2ccc(C)cc21.CC(=O)N[C@@]1(c2ccccc2)C(=O)Oc2ccc(C)cc21.CC(=O)N[C@@]1(c2ccccc2)C(=O)Oc2ccc(C)cc21. The van der Waals surface area contributed by atoms with Gasteiger partial charge in [-0.15, -0.1) is 0 Å². The van der Waals surface area contributed by atoms with E-state index in [4.69, 9.17) is 14.2 Å². The largest absolute Gasteiger partial charge is 0.424 e. The number of benzene rings is 6. The fraction of sp³-hybridized carbons (Fsp3) is 0.176. The number of nitrogens with one attached hydrogen (secondary N) is 3. The lowest BCUT2D eigenvalue weighted by Gasteiger charge is -2.27. The minimum absolute atomic E-state index is 0.287. The van der Waals surface area contributed by atoms with E-state index in [1.165, 1.54) is 20.8 Å². The lowest BCUT2D eigenvalue weighted by atomic mass is 9.83. The summed E-state index contributed by atoms with van der Waals surface area (Å²) in [5, 5.41) is 8.37. The molecule has 3 N–H and O–H groups in total. The Labute approximate surface area is 364 Å². The van der Waals surface area contributed by atoms with Gasteiger partial charge in [-0.05, 0) is 73.9 Å². The summed E-state index contributed by atoms with van der Waals surface area (Å²) in [7, 11) is 0. The summed E-state index contributed by atoms with van der Waals surface area (Å²) in [6, 6.07) is 44.0. The van der Waals surface area contributed by atoms with Crippen LogP contribution in [0.5, 0.6) is 17.2 Å². The van der Waals surface area contributed by atoms with E-state index in [0.717, 1.165) is 16.7 Å². The molecule has 0 saturated carbocycles. The number of amides is 3. The molecule has 6 aromatic rings. The first kappa shape index (κ1) is 43.2. The Balaban J connectivity index is 0.000000142. The summed E-state index contributed by atoms with van der Waals surface area (Å²) in [6.07, 6.45) is 0. The summed E-state index contributed by atoms with van der Waals surface area (Å²) in [6.45, 7) is 10.00. The molecule has 0 spiro atoms. The van der Waals surface area contributed by atoms with Crippen LogP contribution >= 0.6 is 0 Å². The molecule has 0 saturated heterocycles. The van der Waals surface area contributed by atoms with Crippen molar-refractivity contribution in [1.29, 1.82) is 0 Å². The molecule has 63 heavy (non-hydrogen) atoms. The number of esters is 3. The van der Waals surface area contributed by atoms with Gasteiger partial charge in [0.05, 0.1) is 0 Å². The first-order valence-electron chi connectivity index (χ1n) is 20.1. The predicted octanol–water partition coefficient (Wildman–Crippen LogP) is 6.88. The second-order valence-corrected chi connectivity index (χ2v) is 15.6. The van der Waals surface area contributed by atoms with Crippen LogP contribution in [0.25, 0.3) is 0 Å². The van der Waals surface area contributed by atoms with Gasteiger partial charge in [0.1, 0.15) is 17.2 Å². The van der Waals surface area contributed by atoms with Crippen LogP contribution in [-0.2, 0) is 45.4 Å². The third kappa shape index (κ3) is 7.94. The van der Waals surface area contributed by atoms with Gasteiger partial charge in [0.15, 0.2) is 16.6 Å². The highest BCUT2D eigenvalue weighted by atomic mass is 16.6. The van der Waals surface area contributed by atoms with Crippen LogP contribution < -0.4 is 30.2 Å². The zero-order chi connectivity index (χ0) is 45.1. The van der Waals surface area contributed by atoms with Gasteiger partial charge in [-0.1, -0.05) is 126 Å². The lowest BCUT2D eigenvalue weighted by molar-refractivity contribution is -0.140. The number of ether oxygens (including phenoxy) is 3. The highest BCUT2D eigenvalue weighted by Crippen LogP contribution is 2.45. The molecule has 318 valence electrons. The van der Waals surface area contributed by atoms with Crippen molar-refractivity contribution in [1.82, 2.24) is 16.0 Å². The second-order valence-electron chi connectivity index (χ2n) is 15.6. The molecule has 3 aliphatic heterocycles. The zero-order valence-electron chi connectivity index (χ0n) is 35.5. The fourth-order valence-corrected chi connectivity index (χ4v) is 8.19. The van der Waals surface area contributed by atoms with Crippen molar-refractivity contribution >= 4 is 35.6 Å². The van der Waals surface area contributed by atoms with Crippen molar-refractivity contribution in [3.63, 3.8) is 0 Å². The van der Waals surface area contributed by atoms with E-state index in [0.29, 0.717) is 50.6 Å². The number of carbonyl (C=O) groups is 6. The number of aryl methyl sites for hydroxylation is 3. The van der Waals surface area contributed by atoms with Gasteiger partial charge in [-0.25, -0.2) is 14.4 Å². The second kappa shape index (κ2) is 17.3. The molecule has 3 heterocycles. The molecule has 0 aromatic heterocycles. The molecule has 9 rings (SSSR count).